The Kier molecular flexibility index (Phi) is 5.05. The average molecular weight is 348 g/mol. The molecule has 0 heterocycles. The van der Waals surface area contributed by atoms with Crippen LogP contribution in [0, 0.1) is 30.9 Å². The van der Waals surface area contributed by atoms with Gasteiger partial charge >= 0.3 is 0 Å². The molecule has 0 aliphatic carbocycles. The molecule has 0 radical (unpaired) electrons. The fourth-order valence-electron chi connectivity index (χ4n) is 2.54. The Labute approximate surface area is 141 Å². The van der Waals surface area contributed by atoms with Crippen molar-refractivity contribution in [2.75, 3.05) is 0 Å². The summed E-state index contributed by atoms with van der Waals surface area (Å²) in [6, 6.07) is 9.29. The minimum atomic E-state index is -3.86. The average Bonchev–Trinajstić information content (AvgIpc) is 2.49. The number of benzene rings is 2. The molecule has 24 heavy (non-hydrogen) atoms. The van der Waals surface area contributed by atoms with Crippen LogP contribution in [0.5, 0.6) is 0 Å². The van der Waals surface area contributed by atoms with Gasteiger partial charge in [0.15, 0.2) is 0 Å². The maximum Gasteiger partial charge on any atom is 0.273 e. The monoisotopic (exact) mass is 348 g/mol. The molecule has 7 heteroatoms. The van der Waals surface area contributed by atoms with Gasteiger partial charge in [-0.1, -0.05) is 29.8 Å². The first-order valence-electron chi connectivity index (χ1n) is 7.46. The molecule has 1 unspecified atom stereocenters. The van der Waals surface area contributed by atoms with E-state index in [1.165, 1.54) is 12.1 Å². The van der Waals surface area contributed by atoms with Gasteiger partial charge in [0.1, 0.15) is 0 Å². The summed E-state index contributed by atoms with van der Waals surface area (Å²) in [6.45, 7) is 7.17. The quantitative estimate of drug-likeness (QED) is 0.661. The zero-order valence-electron chi connectivity index (χ0n) is 14.0. The Bertz CT molecular complexity index is 891. The van der Waals surface area contributed by atoms with Gasteiger partial charge in [-0.3, -0.25) is 10.1 Å². The minimum absolute atomic E-state index is 0.114. The third-order valence-electron chi connectivity index (χ3n) is 3.92. The smallest absolute Gasteiger partial charge is 0.258 e. The molecule has 128 valence electrons. The van der Waals surface area contributed by atoms with Crippen LogP contribution in [0.1, 0.15) is 35.2 Å². The van der Waals surface area contributed by atoms with Gasteiger partial charge in [-0.05, 0) is 44.9 Å². The van der Waals surface area contributed by atoms with Crippen molar-refractivity contribution >= 4 is 15.7 Å². The van der Waals surface area contributed by atoms with Gasteiger partial charge in [0.2, 0.25) is 10.0 Å². The largest absolute Gasteiger partial charge is 0.273 e. The highest BCUT2D eigenvalue weighted by Crippen LogP contribution is 2.25. The third-order valence-corrected chi connectivity index (χ3v) is 5.46. The van der Waals surface area contributed by atoms with Crippen molar-refractivity contribution in [3.05, 3.63) is 68.8 Å². The standard InChI is InChI=1S/C17H20N2O4S/c1-11-5-6-12(2)16(9-11)14(4)18-24(22,23)15-8-7-13(3)17(10-15)19(20)21/h5-10,14,18H,1-4H3. The predicted molar refractivity (Wildman–Crippen MR) is 92.5 cm³/mol. The van der Waals surface area contributed by atoms with Crippen LogP contribution in [0.3, 0.4) is 0 Å². The molecule has 0 fully saturated rings. The zero-order valence-corrected chi connectivity index (χ0v) is 14.8. The molecule has 0 aromatic heterocycles. The number of hydrogen-bond acceptors (Lipinski definition) is 4. The lowest BCUT2D eigenvalue weighted by Crippen LogP contribution is -2.27. The summed E-state index contributed by atoms with van der Waals surface area (Å²) >= 11 is 0. The van der Waals surface area contributed by atoms with Crippen LogP contribution in [0.15, 0.2) is 41.3 Å². The summed E-state index contributed by atoms with van der Waals surface area (Å²) in [6.07, 6.45) is 0. The molecule has 0 aliphatic heterocycles. The Morgan fingerprint density at radius 2 is 1.67 bits per heavy atom. The van der Waals surface area contributed by atoms with Crippen molar-refractivity contribution in [1.29, 1.82) is 0 Å². The minimum Gasteiger partial charge on any atom is -0.258 e. The Balaban J connectivity index is 2.36. The molecule has 0 bridgehead atoms. The molecule has 2 aromatic rings. The number of rotatable bonds is 5. The molecule has 6 nitrogen and oxygen atoms in total. The number of nitro groups is 1. The van der Waals surface area contributed by atoms with Gasteiger partial charge in [0.05, 0.1) is 9.82 Å². The first-order valence-corrected chi connectivity index (χ1v) is 8.94. The third kappa shape index (κ3) is 3.80. The molecule has 0 saturated heterocycles. The van der Waals surface area contributed by atoms with E-state index in [-0.39, 0.29) is 10.6 Å². The van der Waals surface area contributed by atoms with Crippen LogP contribution in [0.4, 0.5) is 5.69 Å². The van der Waals surface area contributed by atoms with E-state index in [0.717, 1.165) is 22.8 Å². The van der Waals surface area contributed by atoms with E-state index < -0.39 is 21.0 Å². The first kappa shape index (κ1) is 18.1. The lowest BCUT2D eigenvalue weighted by atomic mass is 10.0. The highest BCUT2D eigenvalue weighted by atomic mass is 32.2. The van der Waals surface area contributed by atoms with E-state index in [9.17, 15) is 18.5 Å². The highest BCUT2D eigenvalue weighted by molar-refractivity contribution is 7.89. The van der Waals surface area contributed by atoms with Gasteiger partial charge in [-0.2, -0.15) is 0 Å². The van der Waals surface area contributed by atoms with Crippen molar-refractivity contribution in [2.45, 2.75) is 38.6 Å². The molecule has 0 amide bonds. The predicted octanol–water partition coefficient (Wildman–Crippen LogP) is 3.56. The van der Waals surface area contributed by atoms with E-state index in [1.54, 1.807) is 13.8 Å². The fourth-order valence-corrected chi connectivity index (χ4v) is 3.79. The van der Waals surface area contributed by atoms with Gasteiger partial charge < -0.3 is 0 Å². The van der Waals surface area contributed by atoms with Crippen LogP contribution in [-0.2, 0) is 10.0 Å². The van der Waals surface area contributed by atoms with Gasteiger partial charge in [0, 0.05) is 17.7 Å². The molecular formula is C17H20N2O4S. The Hall–Kier alpha value is -2.25. The van der Waals surface area contributed by atoms with Crippen LogP contribution in [0.2, 0.25) is 0 Å². The van der Waals surface area contributed by atoms with Crippen molar-refractivity contribution in [3.8, 4) is 0 Å². The Morgan fingerprint density at radius 1 is 1.04 bits per heavy atom. The summed E-state index contributed by atoms with van der Waals surface area (Å²) in [7, 11) is -3.86. The first-order chi connectivity index (χ1) is 11.1. The summed E-state index contributed by atoms with van der Waals surface area (Å²) in [5, 5.41) is 11.0. The molecular weight excluding hydrogens is 328 g/mol. The summed E-state index contributed by atoms with van der Waals surface area (Å²) in [5.41, 5.74) is 3.09. The second-order valence-corrected chi connectivity index (χ2v) is 7.62. The second kappa shape index (κ2) is 6.70. The summed E-state index contributed by atoms with van der Waals surface area (Å²) in [5.74, 6) is 0. The lowest BCUT2D eigenvalue weighted by molar-refractivity contribution is -0.385. The maximum absolute atomic E-state index is 12.6. The molecule has 1 atom stereocenters. The number of hydrogen-bond donors (Lipinski definition) is 1. The Morgan fingerprint density at radius 3 is 2.29 bits per heavy atom. The van der Waals surface area contributed by atoms with Crippen molar-refractivity contribution in [3.63, 3.8) is 0 Å². The van der Waals surface area contributed by atoms with Crippen molar-refractivity contribution in [1.82, 2.24) is 4.72 Å². The second-order valence-electron chi connectivity index (χ2n) is 5.91. The number of nitrogens with one attached hydrogen (secondary N) is 1. The van der Waals surface area contributed by atoms with Crippen molar-refractivity contribution in [2.24, 2.45) is 0 Å². The maximum atomic E-state index is 12.6. The van der Waals surface area contributed by atoms with Crippen molar-refractivity contribution < 1.29 is 13.3 Å². The van der Waals surface area contributed by atoms with Gasteiger partial charge in [-0.15, -0.1) is 0 Å². The zero-order chi connectivity index (χ0) is 18.1. The highest BCUT2D eigenvalue weighted by Gasteiger charge is 2.22. The normalized spacial score (nSPS) is 12.8. The summed E-state index contributed by atoms with van der Waals surface area (Å²) in [4.78, 5) is 10.3. The molecule has 0 saturated carbocycles. The topological polar surface area (TPSA) is 89.3 Å². The van der Waals surface area contributed by atoms with E-state index >= 15 is 0 Å². The number of nitro benzene ring substituents is 1. The van der Waals surface area contributed by atoms with Crippen LogP contribution >= 0.6 is 0 Å². The molecule has 0 aliphatic rings. The SMILES string of the molecule is Cc1ccc(C)c(C(C)NS(=O)(=O)c2ccc(C)c([N+](=O)[O-])c2)c1. The number of nitrogens with zero attached hydrogens (tertiary/aromatic N) is 1. The van der Waals surface area contributed by atoms with E-state index in [2.05, 4.69) is 4.72 Å². The van der Waals surface area contributed by atoms with Crippen LogP contribution in [-0.4, -0.2) is 13.3 Å². The van der Waals surface area contributed by atoms with Crippen LogP contribution < -0.4 is 4.72 Å². The molecule has 0 spiro atoms. The van der Waals surface area contributed by atoms with Gasteiger partial charge in [0.25, 0.3) is 5.69 Å². The molecule has 2 aromatic carbocycles. The van der Waals surface area contributed by atoms with E-state index in [0.29, 0.717) is 5.56 Å². The number of aryl methyl sites for hydroxylation is 3. The fraction of sp³-hybridized carbons (Fsp3) is 0.294. The molecule has 2 rings (SSSR count). The van der Waals surface area contributed by atoms with Gasteiger partial charge in [-0.25, -0.2) is 13.1 Å². The lowest BCUT2D eigenvalue weighted by Gasteiger charge is -2.17. The molecule has 1 N–H and O–H groups in total. The van der Waals surface area contributed by atoms with E-state index in [1.807, 2.05) is 32.0 Å². The number of sulfonamides is 1. The summed E-state index contributed by atoms with van der Waals surface area (Å²) < 4.78 is 27.7. The van der Waals surface area contributed by atoms with Crippen LogP contribution in [0.25, 0.3) is 0 Å². The van der Waals surface area contributed by atoms with E-state index in [4.69, 9.17) is 0 Å².